The van der Waals surface area contributed by atoms with E-state index < -0.39 is 5.97 Å². The highest BCUT2D eigenvalue weighted by molar-refractivity contribution is 6.06. The monoisotopic (exact) mass is 327 g/mol. The normalized spacial score (nSPS) is 13.9. The van der Waals surface area contributed by atoms with Crippen LogP contribution in [0.1, 0.15) is 11.1 Å². The fraction of sp³-hybridized carbons (Fsp3) is 0.211. The molecular weight excluding hydrogens is 309 g/mol. The minimum atomic E-state index is -1.06. The fourth-order valence-corrected chi connectivity index (χ4v) is 2.85. The summed E-state index contributed by atoms with van der Waals surface area (Å²) in [5, 5.41) is 9.16. The Balaban J connectivity index is 2.03. The van der Waals surface area contributed by atoms with E-state index in [0.29, 0.717) is 40.2 Å². The number of hydrogen-bond acceptors (Lipinski definition) is 3. The van der Waals surface area contributed by atoms with Gasteiger partial charge in [0.05, 0.1) is 0 Å². The van der Waals surface area contributed by atoms with E-state index in [-0.39, 0.29) is 5.82 Å². The second kappa shape index (κ2) is 6.45. The van der Waals surface area contributed by atoms with Gasteiger partial charge in [-0.05, 0) is 60.6 Å². The van der Waals surface area contributed by atoms with Gasteiger partial charge in [-0.3, -0.25) is 0 Å². The van der Waals surface area contributed by atoms with E-state index in [1.165, 1.54) is 6.07 Å². The molecule has 2 aromatic rings. The van der Waals surface area contributed by atoms with Gasteiger partial charge in [-0.2, -0.15) is 0 Å². The van der Waals surface area contributed by atoms with Crippen molar-refractivity contribution in [3.8, 4) is 16.9 Å². The van der Waals surface area contributed by atoms with Crippen molar-refractivity contribution in [3.05, 3.63) is 59.4 Å². The van der Waals surface area contributed by atoms with Crippen LogP contribution in [0.15, 0.2) is 42.5 Å². The zero-order valence-electron chi connectivity index (χ0n) is 13.5. The molecule has 0 unspecified atom stereocenters. The molecule has 4 nitrogen and oxygen atoms in total. The molecule has 0 aromatic heterocycles. The Hall–Kier alpha value is -2.66. The summed E-state index contributed by atoms with van der Waals surface area (Å²) in [6, 6.07) is 10.1. The largest absolute Gasteiger partial charge is 0.492 e. The molecule has 0 aliphatic heterocycles. The van der Waals surface area contributed by atoms with Crippen molar-refractivity contribution in [2.75, 3.05) is 27.2 Å². The quantitative estimate of drug-likeness (QED) is 0.731. The van der Waals surface area contributed by atoms with Gasteiger partial charge in [-0.15, -0.1) is 0 Å². The summed E-state index contributed by atoms with van der Waals surface area (Å²) in [4.78, 5) is 13.2. The molecule has 1 N–H and O–H groups in total. The van der Waals surface area contributed by atoms with E-state index in [1.54, 1.807) is 30.3 Å². The Bertz CT molecular complexity index is 827. The molecule has 5 heteroatoms. The number of aliphatic carboxylic acids is 1. The first-order valence-corrected chi connectivity index (χ1v) is 7.63. The van der Waals surface area contributed by atoms with Crippen molar-refractivity contribution < 1.29 is 19.0 Å². The first-order chi connectivity index (χ1) is 11.5. The lowest BCUT2D eigenvalue weighted by molar-refractivity contribution is -0.131. The molecule has 2 aromatic carbocycles. The van der Waals surface area contributed by atoms with E-state index in [4.69, 9.17) is 9.84 Å². The van der Waals surface area contributed by atoms with Crippen LogP contribution in [0, 0.1) is 5.82 Å². The second-order valence-corrected chi connectivity index (χ2v) is 5.92. The van der Waals surface area contributed by atoms with Gasteiger partial charge in [0, 0.05) is 18.2 Å². The van der Waals surface area contributed by atoms with Crippen LogP contribution in [0.2, 0.25) is 0 Å². The van der Waals surface area contributed by atoms with Gasteiger partial charge in [0.2, 0.25) is 0 Å². The molecule has 124 valence electrons. The highest BCUT2D eigenvalue weighted by atomic mass is 19.1. The maximum absolute atomic E-state index is 14.3. The highest BCUT2D eigenvalue weighted by Gasteiger charge is 2.27. The zero-order chi connectivity index (χ0) is 17.3. The molecule has 0 atom stereocenters. The molecular formula is C19H18FNO3. The lowest BCUT2D eigenvalue weighted by Crippen LogP contribution is -2.19. The van der Waals surface area contributed by atoms with Crippen molar-refractivity contribution in [3.63, 3.8) is 0 Å². The van der Waals surface area contributed by atoms with Gasteiger partial charge in [0.15, 0.2) is 0 Å². The summed E-state index contributed by atoms with van der Waals surface area (Å²) >= 11 is 0. The summed E-state index contributed by atoms with van der Waals surface area (Å²) in [6.45, 7) is 1.29. The average molecular weight is 327 g/mol. The number of carbonyl (C=O) groups is 1. The number of benzene rings is 2. The van der Waals surface area contributed by atoms with Crippen LogP contribution in [0.25, 0.3) is 16.7 Å². The summed E-state index contributed by atoms with van der Waals surface area (Å²) in [6.07, 6.45) is 1.12. The number of fused-ring (bicyclic) bond motifs is 3. The molecule has 24 heavy (non-hydrogen) atoms. The number of carboxylic acid groups (broad SMARTS) is 1. The van der Waals surface area contributed by atoms with Gasteiger partial charge in [0.1, 0.15) is 18.2 Å². The van der Waals surface area contributed by atoms with Crippen LogP contribution in [-0.2, 0) is 4.79 Å². The van der Waals surface area contributed by atoms with E-state index in [9.17, 15) is 9.18 Å². The van der Waals surface area contributed by atoms with Gasteiger partial charge in [0.25, 0.3) is 0 Å². The molecule has 0 fully saturated rings. The van der Waals surface area contributed by atoms with Crippen LogP contribution in [0.3, 0.4) is 0 Å². The van der Waals surface area contributed by atoms with Gasteiger partial charge in [-0.1, -0.05) is 12.1 Å². The lowest BCUT2D eigenvalue weighted by Gasteiger charge is -2.12. The Labute approximate surface area is 139 Å². The topological polar surface area (TPSA) is 49.8 Å². The number of carboxylic acids is 1. The molecule has 3 rings (SSSR count). The van der Waals surface area contributed by atoms with E-state index in [2.05, 4.69) is 0 Å². The van der Waals surface area contributed by atoms with E-state index >= 15 is 0 Å². The molecule has 0 heterocycles. The Morgan fingerprint density at radius 1 is 1.21 bits per heavy atom. The minimum absolute atomic E-state index is 0.358. The molecule has 0 spiro atoms. The van der Waals surface area contributed by atoms with Crippen molar-refractivity contribution in [2.45, 2.75) is 0 Å². The van der Waals surface area contributed by atoms with Crippen molar-refractivity contribution >= 4 is 11.5 Å². The predicted molar refractivity (Wildman–Crippen MR) is 90.6 cm³/mol. The number of nitrogens with zero attached hydrogens (tertiary/aromatic N) is 1. The summed E-state index contributed by atoms with van der Waals surface area (Å²) in [5.41, 5.74) is 2.91. The smallest absolute Gasteiger partial charge is 0.328 e. The highest BCUT2D eigenvalue weighted by Crippen LogP contribution is 2.46. The van der Waals surface area contributed by atoms with Crippen LogP contribution >= 0.6 is 0 Å². The Morgan fingerprint density at radius 2 is 2.00 bits per heavy atom. The minimum Gasteiger partial charge on any atom is -0.492 e. The van der Waals surface area contributed by atoms with Gasteiger partial charge >= 0.3 is 5.97 Å². The van der Waals surface area contributed by atoms with E-state index in [1.807, 2.05) is 19.0 Å². The van der Waals surface area contributed by atoms with Crippen molar-refractivity contribution in [1.82, 2.24) is 4.90 Å². The first-order valence-electron chi connectivity index (χ1n) is 7.63. The van der Waals surface area contributed by atoms with Gasteiger partial charge < -0.3 is 14.7 Å². The molecule has 0 bridgehead atoms. The SMILES string of the molecule is CN(C)CCOc1ccc2c(c1)/C(=C/C(=O)O)c1cccc(F)c1-2. The lowest BCUT2D eigenvalue weighted by atomic mass is 10.0. The third-order valence-corrected chi connectivity index (χ3v) is 3.93. The molecule has 0 saturated heterocycles. The van der Waals surface area contributed by atoms with Crippen LogP contribution < -0.4 is 4.74 Å². The third kappa shape index (κ3) is 3.03. The first kappa shape index (κ1) is 16.2. The number of hydrogen-bond donors (Lipinski definition) is 1. The standard InChI is InChI=1S/C19H18FNO3/c1-21(2)8-9-24-12-6-7-14-15(10-12)16(11-18(22)23)13-4-3-5-17(20)19(13)14/h3-7,10-11H,8-9H2,1-2H3,(H,22,23)/b16-11+. The number of halogens is 1. The predicted octanol–water partition coefficient (Wildman–Crippen LogP) is 3.26. The maximum atomic E-state index is 14.3. The van der Waals surface area contributed by atoms with Crippen molar-refractivity contribution in [1.29, 1.82) is 0 Å². The number of likely N-dealkylation sites (N-methyl/N-ethyl adjacent to an activating group) is 1. The molecule has 1 aliphatic rings. The summed E-state index contributed by atoms with van der Waals surface area (Å²) in [5.74, 6) is -0.782. The number of rotatable bonds is 5. The summed E-state index contributed by atoms with van der Waals surface area (Å²) in [7, 11) is 3.92. The maximum Gasteiger partial charge on any atom is 0.328 e. The number of ether oxygens (including phenoxy) is 1. The Kier molecular flexibility index (Phi) is 4.36. The molecule has 1 aliphatic carbocycles. The fourth-order valence-electron chi connectivity index (χ4n) is 2.85. The molecule has 0 amide bonds. The molecule has 0 radical (unpaired) electrons. The van der Waals surface area contributed by atoms with Crippen LogP contribution in [0.5, 0.6) is 5.75 Å². The average Bonchev–Trinajstić information content (AvgIpc) is 2.81. The Morgan fingerprint density at radius 3 is 2.71 bits per heavy atom. The van der Waals surface area contributed by atoms with Gasteiger partial charge in [-0.25, -0.2) is 9.18 Å². The van der Waals surface area contributed by atoms with Crippen molar-refractivity contribution in [2.24, 2.45) is 0 Å². The molecule has 0 saturated carbocycles. The van der Waals surface area contributed by atoms with Crippen LogP contribution in [0.4, 0.5) is 4.39 Å². The zero-order valence-corrected chi connectivity index (χ0v) is 13.5. The third-order valence-electron chi connectivity index (χ3n) is 3.93. The summed E-state index contributed by atoms with van der Waals surface area (Å²) < 4.78 is 20.0. The second-order valence-electron chi connectivity index (χ2n) is 5.92. The van der Waals surface area contributed by atoms with Crippen LogP contribution in [-0.4, -0.2) is 43.2 Å². The van der Waals surface area contributed by atoms with E-state index in [0.717, 1.165) is 12.6 Å².